The van der Waals surface area contributed by atoms with Gasteiger partial charge in [0.2, 0.25) is 0 Å². The minimum atomic E-state index is -4.99. The van der Waals surface area contributed by atoms with Gasteiger partial charge in [-0.2, -0.15) is 0 Å². The van der Waals surface area contributed by atoms with E-state index in [0.29, 0.717) is 11.3 Å². The third kappa shape index (κ3) is 4.36. The topological polar surface area (TPSA) is 92.7 Å². The molecule has 0 aliphatic carbocycles. The molecule has 0 bridgehead atoms. The molecule has 0 spiro atoms. The number of thiophene rings is 1. The van der Waals surface area contributed by atoms with Crippen molar-refractivity contribution in [3.05, 3.63) is 41.3 Å². The number of anilines is 1. The van der Waals surface area contributed by atoms with Gasteiger partial charge >= 0.3 is 12.3 Å². The number of alkyl halides is 3. The number of carbonyl (C=O) groups is 1. The molecule has 1 aromatic carbocycles. The highest BCUT2D eigenvalue weighted by molar-refractivity contribution is 7.94. The normalized spacial score (nSPS) is 12.0. The quantitative estimate of drug-likeness (QED) is 0.847. The number of carboxylic acid groups (broad SMARTS) is 1. The Labute approximate surface area is 132 Å². The highest BCUT2D eigenvalue weighted by atomic mass is 32.2. The van der Waals surface area contributed by atoms with Gasteiger partial charge in [0.05, 0.1) is 11.3 Å². The van der Waals surface area contributed by atoms with E-state index in [2.05, 4.69) is 4.74 Å². The molecule has 11 heteroatoms. The second-order valence-corrected chi connectivity index (χ2v) is 6.93. The molecule has 0 unspecified atom stereocenters. The molecule has 0 amide bonds. The molecule has 6 nitrogen and oxygen atoms in total. The summed E-state index contributed by atoms with van der Waals surface area (Å²) in [4.78, 5) is 10.8. The van der Waals surface area contributed by atoms with Crippen LogP contribution in [0.3, 0.4) is 0 Å². The number of ether oxygens (including phenoxy) is 1. The van der Waals surface area contributed by atoms with Crippen molar-refractivity contribution < 1.29 is 36.2 Å². The molecule has 2 aromatic rings. The van der Waals surface area contributed by atoms with Gasteiger partial charge in [0.1, 0.15) is 4.21 Å². The lowest BCUT2D eigenvalue weighted by Gasteiger charge is -2.14. The Balaban J connectivity index is 2.32. The molecule has 0 saturated carbocycles. The maximum absolute atomic E-state index is 12.3. The summed E-state index contributed by atoms with van der Waals surface area (Å²) in [5.74, 6) is -2.04. The number of benzene rings is 1. The number of hydrogen-bond acceptors (Lipinski definition) is 5. The lowest BCUT2D eigenvalue weighted by Crippen LogP contribution is -2.19. The van der Waals surface area contributed by atoms with Crippen LogP contribution in [0.15, 0.2) is 39.9 Å². The molecule has 2 rings (SSSR count). The first-order chi connectivity index (χ1) is 10.6. The summed E-state index contributed by atoms with van der Waals surface area (Å²) in [6, 6.07) is 5.50. The summed E-state index contributed by atoms with van der Waals surface area (Å²) in [6.45, 7) is 0. The molecule has 23 heavy (non-hydrogen) atoms. The van der Waals surface area contributed by atoms with Crippen LogP contribution in [-0.2, 0) is 10.0 Å². The van der Waals surface area contributed by atoms with E-state index in [1.165, 1.54) is 12.1 Å². The zero-order chi connectivity index (χ0) is 17.3. The maximum atomic E-state index is 12.3. The van der Waals surface area contributed by atoms with E-state index in [1.54, 1.807) is 0 Å². The molecule has 0 aliphatic heterocycles. The third-order valence-electron chi connectivity index (χ3n) is 2.44. The van der Waals surface area contributed by atoms with Crippen molar-refractivity contribution in [3.63, 3.8) is 0 Å². The Morgan fingerprint density at radius 2 is 1.91 bits per heavy atom. The predicted molar refractivity (Wildman–Crippen MR) is 75.2 cm³/mol. The summed E-state index contributed by atoms with van der Waals surface area (Å²) < 4.78 is 66.5. The third-order valence-corrected chi connectivity index (χ3v) is 5.25. The second kappa shape index (κ2) is 6.08. The Bertz CT molecular complexity index is 829. The largest absolute Gasteiger partial charge is 0.573 e. The SMILES string of the molecule is O=C(O)c1csc(S(=O)(=O)Nc2ccccc2OC(F)(F)F)c1. The smallest absolute Gasteiger partial charge is 0.478 e. The van der Waals surface area contributed by atoms with Crippen LogP contribution in [0.1, 0.15) is 10.4 Å². The fourth-order valence-corrected chi connectivity index (χ4v) is 3.75. The van der Waals surface area contributed by atoms with Crippen molar-refractivity contribution in [1.29, 1.82) is 0 Å². The number of para-hydroxylation sites is 2. The lowest BCUT2D eigenvalue weighted by atomic mass is 10.3. The van der Waals surface area contributed by atoms with Gasteiger partial charge in [-0.1, -0.05) is 12.1 Å². The maximum Gasteiger partial charge on any atom is 0.573 e. The van der Waals surface area contributed by atoms with Crippen LogP contribution >= 0.6 is 11.3 Å². The molecule has 0 radical (unpaired) electrons. The van der Waals surface area contributed by atoms with Crippen molar-refractivity contribution in [1.82, 2.24) is 0 Å². The summed E-state index contributed by atoms with van der Waals surface area (Å²) in [5, 5.41) is 9.88. The molecule has 0 aliphatic rings. The van der Waals surface area contributed by atoms with Crippen LogP contribution in [0.4, 0.5) is 18.9 Å². The Morgan fingerprint density at radius 1 is 1.26 bits per heavy atom. The number of nitrogens with one attached hydrogen (secondary N) is 1. The summed E-state index contributed by atoms with van der Waals surface area (Å²) in [5.41, 5.74) is -0.662. The fourth-order valence-electron chi connectivity index (χ4n) is 1.53. The Hall–Kier alpha value is -2.27. The zero-order valence-corrected chi connectivity index (χ0v) is 12.6. The van der Waals surface area contributed by atoms with Crippen molar-refractivity contribution in [3.8, 4) is 5.75 Å². The van der Waals surface area contributed by atoms with Gasteiger partial charge in [0.25, 0.3) is 10.0 Å². The number of rotatable bonds is 5. The van der Waals surface area contributed by atoms with Crippen molar-refractivity contribution in [2.45, 2.75) is 10.6 Å². The summed E-state index contributed by atoms with van der Waals surface area (Å²) >= 11 is 0.629. The van der Waals surface area contributed by atoms with Gasteiger partial charge in [-0.3, -0.25) is 4.72 Å². The number of aromatic carboxylic acids is 1. The van der Waals surface area contributed by atoms with E-state index in [1.807, 2.05) is 4.72 Å². The molecular formula is C12H8F3NO5S2. The molecule has 0 saturated heterocycles. The Morgan fingerprint density at radius 3 is 2.48 bits per heavy atom. The average Bonchev–Trinajstić information content (AvgIpc) is 2.90. The summed E-state index contributed by atoms with van der Waals surface area (Å²) in [6.07, 6.45) is -4.99. The van der Waals surface area contributed by atoms with E-state index in [4.69, 9.17) is 5.11 Å². The van der Waals surface area contributed by atoms with E-state index in [9.17, 15) is 26.4 Å². The first-order valence-corrected chi connectivity index (χ1v) is 8.14. The van der Waals surface area contributed by atoms with Gasteiger partial charge < -0.3 is 9.84 Å². The van der Waals surface area contributed by atoms with E-state index >= 15 is 0 Å². The number of halogens is 3. The zero-order valence-electron chi connectivity index (χ0n) is 11.0. The van der Waals surface area contributed by atoms with Gasteiger partial charge in [-0.25, -0.2) is 13.2 Å². The van der Waals surface area contributed by atoms with Crippen LogP contribution < -0.4 is 9.46 Å². The molecule has 124 valence electrons. The molecule has 0 atom stereocenters. The molecule has 0 fully saturated rings. The van der Waals surface area contributed by atoms with E-state index in [0.717, 1.165) is 23.6 Å². The number of carboxylic acids is 1. The number of sulfonamides is 1. The standard InChI is InChI=1S/C12H8F3NO5S2/c13-12(14,15)21-9-4-2-1-3-8(9)16-23(19,20)10-5-7(6-22-10)11(17)18/h1-6,16H,(H,17,18). The van der Waals surface area contributed by atoms with Gasteiger partial charge in [-0.05, 0) is 18.2 Å². The molecule has 1 heterocycles. The van der Waals surface area contributed by atoms with E-state index in [-0.39, 0.29) is 9.77 Å². The number of hydrogen-bond donors (Lipinski definition) is 2. The highest BCUT2D eigenvalue weighted by Crippen LogP contribution is 2.32. The Kier molecular flexibility index (Phi) is 4.52. The highest BCUT2D eigenvalue weighted by Gasteiger charge is 2.32. The van der Waals surface area contributed by atoms with Gasteiger partial charge in [0.15, 0.2) is 5.75 Å². The minimum absolute atomic E-state index is 0.241. The summed E-state index contributed by atoms with van der Waals surface area (Å²) in [7, 11) is -4.25. The van der Waals surface area contributed by atoms with Crippen LogP contribution in [0.25, 0.3) is 0 Å². The van der Waals surface area contributed by atoms with Crippen LogP contribution in [0.2, 0.25) is 0 Å². The lowest BCUT2D eigenvalue weighted by molar-refractivity contribution is -0.274. The van der Waals surface area contributed by atoms with Gasteiger partial charge in [0, 0.05) is 5.38 Å². The van der Waals surface area contributed by atoms with E-state index < -0.39 is 33.8 Å². The van der Waals surface area contributed by atoms with Crippen molar-refractivity contribution >= 4 is 33.0 Å². The van der Waals surface area contributed by atoms with Crippen LogP contribution in [-0.4, -0.2) is 25.9 Å². The minimum Gasteiger partial charge on any atom is -0.478 e. The predicted octanol–water partition coefficient (Wildman–Crippen LogP) is 3.15. The first-order valence-electron chi connectivity index (χ1n) is 5.78. The van der Waals surface area contributed by atoms with Gasteiger partial charge in [-0.15, -0.1) is 24.5 Å². The van der Waals surface area contributed by atoms with Crippen molar-refractivity contribution in [2.24, 2.45) is 0 Å². The molecule has 2 N–H and O–H groups in total. The fraction of sp³-hybridized carbons (Fsp3) is 0.0833. The van der Waals surface area contributed by atoms with Crippen LogP contribution in [0.5, 0.6) is 5.75 Å². The second-order valence-electron chi connectivity index (χ2n) is 4.11. The molecule has 1 aromatic heterocycles. The monoisotopic (exact) mass is 367 g/mol. The molecular weight excluding hydrogens is 359 g/mol. The van der Waals surface area contributed by atoms with Crippen molar-refractivity contribution in [2.75, 3.05) is 4.72 Å². The first kappa shape index (κ1) is 17.1. The average molecular weight is 367 g/mol. The van der Waals surface area contributed by atoms with Crippen LogP contribution in [0, 0.1) is 0 Å².